The van der Waals surface area contributed by atoms with E-state index in [2.05, 4.69) is 17.4 Å². The first-order valence-corrected chi connectivity index (χ1v) is 17.6. The Labute approximate surface area is 302 Å². The maximum Gasteiger partial charge on any atom is 0.410 e. The van der Waals surface area contributed by atoms with E-state index >= 15 is 0 Å². The van der Waals surface area contributed by atoms with Gasteiger partial charge < -0.3 is 43.4 Å². The highest BCUT2D eigenvalue weighted by molar-refractivity contribution is 5.90. The van der Waals surface area contributed by atoms with Crippen LogP contribution in [-0.4, -0.2) is 82.3 Å². The predicted molar refractivity (Wildman–Crippen MR) is 196 cm³/mol. The fourth-order valence-electron chi connectivity index (χ4n) is 5.78. The molecule has 1 heterocycles. The second-order valence-electron chi connectivity index (χ2n) is 13.5. The molecule has 0 saturated carbocycles. The van der Waals surface area contributed by atoms with Crippen LogP contribution in [0, 0.1) is 0 Å². The third-order valence-electron chi connectivity index (χ3n) is 8.24. The first-order valence-electron chi connectivity index (χ1n) is 17.6. The summed E-state index contributed by atoms with van der Waals surface area (Å²) in [7, 11) is 3.31. The van der Waals surface area contributed by atoms with Crippen molar-refractivity contribution in [3.63, 3.8) is 0 Å². The first-order chi connectivity index (χ1) is 24.6. The minimum Gasteiger partial charge on any atom is -0.496 e. The zero-order valence-corrected chi connectivity index (χ0v) is 30.9. The standard InChI is InChI=1S/C40H54N2O9/c1-29(43)41-35-18-13-30(25-37(35)49-24-9-21-45-5)27-50-38-26-42(39(44)51-40(2,3)4)20-19-34(38)31-14-16-33(17-15-31)48-23-10-22-47-28-32-11-7-8-12-36(32)46-6/h7-8,11-18,25,34,38H,9-10,19-24,26-28H2,1-6H3,(H,41,43). The fourth-order valence-corrected chi connectivity index (χ4v) is 5.78. The summed E-state index contributed by atoms with van der Waals surface area (Å²) >= 11 is 0. The van der Waals surface area contributed by atoms with E-state index in [-0.39, 0.29) is 24.0 Å². The highest BCUT2D eigenvalue weighted by Crippen LogP contribution is 2.34. The molecule has 11 nitrogen and oxygen atoms in total. The minimum absolute atomic E-state index is 0.0459. The van der Waals surface area contributed by atoms with Gasteiger partial charge in [-0.1, -0.05) is 36.4 Å². The minimum atomic E-state index is -0.600. The van der Waals surface area contributed by atoms with Gasteiger partial charge in [0.1, 0.15) is 22.8 Å². The van der Waals surface area contributed by atoms with Crippen LogP contribution in [0.15, 0.2) is 66.7 Å². The summed E-state index contributed by atoms with van der Waals surface area (Å²) in [5, 5.41) is 2.83. The molecule has 1 N–H and O–H groups in total. The number of hydrogen-bond donors (Lipinski definition) is 1. The lowest BCUT2D eigenvalue weighted by Gasteiger charge is -2.39. The number of piperidine rings is 1. The molecule has 0 radical (unpaired) electrons. The van der Waals surface area contributed by atoms with Gasteiger partial charge in [0, 0.05) is 51.5 Å². The van der Waals surface area contributed by atoms with Crippen molar-refractivity contribution < 1.29 is 42.7 Å². The fraction of sp³-hybridized carbons (Fsp3) is 0.500. The summed E-state index contributed by atoms with van der Waals surface area (Å²) in [5.74, 6) is 2.03. The monoisotopic (exact) mass is 706 g/mol. The van der Waals surface area contributed by atoms with Crippen LogP contribution in [-0.2, 0) is 37.0 Å². The number of carbonyl (C=O) groups excluding carboxylic acids is 2. The van der Waals surface area contributed by atoms with E-state index in [0.29, 0.717) is 77.0 Å². The molecule has 1 aliphatic heterocycles. The summed E-state index contributed by atoms with van der Waals surface area (Å²) in [6.45, 7) is 10.9. The van der Waals surface area contributed by atoms with E-state index in [4.69, 9.17) is 33.2 Å². The normalized spacial score (nSPS) is 16.0. The van der Waals surface area contributed by atoms with Gasteiger partial charge in [0.2, 0.25) is 5.91 Å². The Morgan fingerprint density at radius 2 is 1.61 bits per heavy atom. The third-order valence-corrected chi connectivity index (χ3v) is 8.24. The lowest BCUT2D eigenvalue weighted by molar-refractivity contribution is -0.114. The maximum atomic E-state index is 13.1. The first kappa shape index (κ1) is 39.5. The molecule has 1 fully saturated rings. The van der Waals surface area contributed by atoms with Crippen molar-refractivity contribution in [2.45, 2.75) is 77.8 Å². The van der Waals surface area contributed by atoms with Crippen LogP contribution in [0.25, 0.3) is 0 Å². The average Bonchev–Trinajstić information content (AvgIpc) is 3.11. The highest BCUT2D eigenvalue weighted by atomic mass is 16.6. The zero-order valence-electron chi connectivity index (χ0n) is 30.9. The van der Waals surface area contributed by atoms with Crippen LogP contribution >= 0.6 is 0 Å². The SMILES string of the molecule is COCCCOc1cc(COC2CN(C(=O)OC(C)(C)C)CCC2c2ccc(OCCCOCc3ccccc3OC)cc2)ccc1NC(C)=O. The van der Waals surface area contributed by atoms with Gasteiger partial charge in [-0.25, -0.2) is 4.79 Å². The molecule has 2 atom stereocenters. The third kappa shape index (κ3) is 13.1. The van der Waals surface area contributed by atoms with Gasteiger partial charge in [-0.2, -0.15) is 0 Å². The summed E-state index contributed by atoms with van der Waals surface area (Å²) in [4.78, 5) is 26.6. The average molecular weight is 707 g/mol. The Morgan fingerprint density at radius 3 is 2.33 bits per heavy atom. The number of ether oxygens (including phenoxy) is 7. The quantitative estimate of drug-likeness (QED) is 0.136. The molecule has 3 aromatic rings. The van der Waals surface area contributed by atoms with Gasteiger partial charge in [-0.3, -0.25) is 4.79 Å². The lowest BCUT2D eigenvalue weighted by Crippen LogP contribution is -2.48. The molecule has 0 spiro atoms. The number of amides is 2. The molecule has 11 heteroatoms. The van der Waals surface area contributed by atoms with Crippen molar-refractivity contribution in [3.05, 3.63) is 83.4 Å². The lowest BCUT2D eigenvalue weighted by atomic mass is 9.87. The van der Waals surface area contributed by atoms with Gasteiger partial charge in [0.05, 0.1) is 58.5 Å². The van der Waals surface area contributed by atoms with Crippen molar-refractivity contribution >= 4 is 17.7 Å². The van der Waals surface area contributed by atoms with Gasteiger partial charge in [-0.15, -0.1) is 0 Å². The van der Waals surface area contributed by atoms with E-state index in [9.17, 15) is 9.59 Å². The number of nitrogens with one attached hydrogen (secondary N) is 1. The van der Waals surface area contributed by atoms with E-state index in [1.165, 1.54) is 6.92 Å². The number of methoxy groups -OCH3 is 2. The van der Waals surface area contributed by atoms with Crippen LogP contribution in [0.2, 0.25) is 0 Å². The maximum absolute atomic E-state index is 13.1. The number of carbonyl (C=O) groups is 2. The molecule has 0 aliphatic carbocycles. The molecule has 278 valence electrons. The Kier molecular flexibility index (Phi) is 15.4. The second kappa shape index (κ2) is 19.9. The molecule has 1 saturated heterocycles. The Morgan fingerprint density at radius 1 is 0.863 bits per heavy atom. The summed E-state index contributed by atoms with van der Waals surface area (Å²) in [6, 6.07) is 21.6. The summed E-state index contributed by atoms with van der Waals surface area (Å²) in [6.07, 6.45) is 1.53. The Balaban J connectivity index is 1.38. The Bertz CT molecular complexity index is 1520. The number of rotatable bonds is 18. The number of nitrogens with zero attached hydrogens (tertiary/aromatic N) is 1. The van der Waals surface area contributed by atoms with Crippen molar-refractivity contribution in [3.8, 4) is 17.2 Å². The molecule has 4 rings (SSSR count). The van der Waals surface area contributed by atoms with Crippen molar-refractivity contribution in [1.82, 2.24) is 4.90 Å². The van der Waals surface area contributed by atoms with Crippen LogP contribution in [0.4, 0.5) is 10.5 Å². The van der Waals surface area contributed by atoms with Crippen LogP contribution in [0.5, 0.6) is 17.2 Å². The number of benzene rings is 3. The topological polar surface area (TPSA) is 114 Å². The van der Waals surface area contributed by atoms with E-state index < -0.39 is 5.60 Å². The number of anilines is 1. The number of likely N-dealkylation sites (tertiary alicyclic amines) is 1. The van der Waals surface area contributed by atoms with Gasteiger partial charge in [-0.05, 0) is 68.7 Å². The number of hydrogen-bond acceptors (Lipinski definition) is 9. The number of para-hydroxylation sites is 1. The molecule has 51 heavy (non-hydrogen) atoms. The molecule has 2 unspecified atom stereocenters. The molecule has 2 amide bonds. The van der Waals surface area contributed by atoms with Crippen molar-refractivity contribution in [2.75, 3.05) is 59.1 Å². The zero-order chi connectivity index (χ0) is 36.6. The molecular weight excluding hydrogens is 652 g/mol. The Hall–Kier alpha value is -4.32. The van der Waals surface area contributed by atoms with E-state index in [1.807, 2.05) is 75.4 Å². The van der Waals surface area contributed by atoms with Crippen LogP contribution in [0.3, 0.4) is 0 Å². The second-order valence-corrected chi connectivity index (χ2v) is 13.5. The highest BCUT2D eigenvalue weighted by Gasteiger charge is 2.35. The summed E-state index contributed by atoms with van der Waals surface area (Å²) in [5.41, 5.74) is 3.01. The molecule has 1 aliphatic rings. The van der Waals surface area contributed by atoms with Gasteiger partial charge in [0.15, 0.2) is 0 Å². The van der Waals surface area contributed by atoms with Crippen molar-refractivity contribution in [1.29, 1.82) is 0 Å². The molecular formula is C40H54N2O9. The van der Waals surface area contributed by atoms with Crippen molar-refractivity contribution in [2.24, 2.45) is 0 Å². The largest absolute Gasteiger partial charge is 0.496 e. The molecule has 0 bridgehead atoms. The molecule has 0 aromatic heterocycles. The van der Waals surface area contributed by atoms with Crippen LogP contribution < -0.4 is 19.5 Å². The van der Waals surface area contributed by atoms with Crippen LogP contribution in [0.1, 0.15) is 69.6 Å². The molecule has 3 aromatic carbocycles. The van der Waals surface area contributed by atoms with Gasteiger partial charge in [0.25, 0.3) is 0 Å². The predicted octanol–water partition coefficient (Wildman–Crippen LogP) is 7.36. The van der Waals surface area contributed by atoms with E-state index in [0.717, 1.165) is 34.6 Å². The smallest absolute Gasteiger partial charge is 0.410 e. The van der Waals surface area contributed by atoms with E-state index in [1.54, 1.807) is 19.1 Å². The summed E-state index contributed by atoms with van der Waals surface area (Å²) < 4.78 is 40.6. The van der Waals surface area contributed by atoms with Gasteiger partial charge >= 0.3 is 6.09 Å².